The highest BCUT2D eigenvalue weighted by molar-refractivity contribution is 7.92. The largest absolute Gasteiger partial charge is 0.495 e. The lowest BCUT2D eigenvalue weighted by atomic mass is 10.2. The Bertz CT molecular complexity index is 1280. The zero-order valence-corrected chi connectivity index (χ0v) is 18.8. The summed E-state index contributed by atoms with van der Waals surface area (Å²) in [6, 6.07) is 15.3. The lowest BCUT2D eigenvalue weighted by Crippen LogP contribution is -2.33. The van der Waals surface area contributed by atoms with E-state index in [1.54, 1.807) is 0 Å². The Labute approximate surface area is 194 Å². The molecule has 11 heteroatoms. The zero-order chi connectivity index (χ0) is 24.0. The highest BCUT2D eigenvalue weighted by Gasteiger charge is 2.19. The van der Waals surface area contributed by atoms with Crippen molar-refractivity contribution in [1.82, 2.24) is 5.32 Å². The van der Waals surface area contributed by atoms with Crippen LogP contribution < -0.4 is 20.1 Å². The number of benzene rings is 3. The predicted molar refractivity (Wildman–Crippen MR) is 123 cm³/mol. The van der Waals surface area contributed by atoms with E-state index in [0.29, 0.717) is 10.7 Å². The maximum atomic E-state index is 13.7. The van der Waals surface area contributed by atoms with Gasteiger partial charge in [-0.1, -0.05) is 23.7 Å². The summed E-state index contributed by atoms with van der Waals surface area (Å²) in [5.74, 6) is -1.95. The number of methoxy groups -OCH3 is 1. The van der Waals surface area contributed by atoms with Crippen molar-refractivity contribution in [3.8, 4) is 5.75 Å². The van der Waals surface area contributed by atoms with Crippen molar-refractivity contribution in [3.05, 3.63) is 83.1 Å². The van der Waals surface area contributed by atoms with E-state index >= 15 is 0 Å². The second kappa shape index (κ2) is 10.3. The molecule has 0 atom stereocenters. The van der Waals surface area contributed by atoms with Gasteiger partial charge in [0.05, 0.1) is 29.8 Å². The van der Waals surface area contributed by atoms with Gasteiger partial charge in [-0.15, -0.1) is 0 Å². The normalized spacial score (nSPS) is 10.9. The van der Waals surface area contributed by atoms with Crippen LogP contribution in [0.15, 0.2) is 71.6 Å². The summed E-state index contributed by atoms with van der Waals surface area (Å²) in [6.45, 7) is -0.476. The number of nitrogens with one attached hydrogen (secondary N) is 3. The number of carbonyl (C=O) groups excluding carboxylic acids is 2. The van der Waals surface area contributed by atoms with Crippen LogP contribution in [0.3, 0.4) is 0 Å². The molecule has 8 nitrogen and oxygen atoms in total. The average Bonchev–Trinajstić information content (AvgIpc) is 2.79. The van der Waals surface area contributed by atoms with Crippen molar-refractivity contribution < 1.29 is 27.1 Å². The molecule has 3 aromatic carbocycles. The Kier molecular flexibility index (Phi) is 7.52. The van der Waals surface area contributed by atoms with Crippen LogP contribution in [0.4, 0.5) is 15.8 Å². The van der Waals surface area contributed by atoms with Gasteiger partial charge >= 0.3 is 0 Å². The van der Waals surface area contributed by atoms with Crippen LogP contribution in [0.5, 0.6) is 5.75 Å². The number of hydrogen-bond acceptors (Lipinski definition) is 5. The van der Waals surface area contributed by atoms with Crippen molar-refractivity contribution in [2.24, 2.45) is 0 Å². The van der Waals surface area contributed by atoms with E-state index in [2.05, 4.69) is 15.4 Å². The first kappa shape index (κ1) is 24.0. The molecular weight excluding hydrogens is 473 g/mol. The summed E-state index contributed by atoms with van der Waals surface area (Å²) in [7, 11) is -2.64. The van der Waals surface area contributed by atoms with E-state index in [1.807, 2.05) is 0 Å². The van der Waals surface area contributed by atoms with Gasteiger partial charge in [0, 0.05) is 10.7 Å². The number of sulfonamides is 1. The molecule has 0 spiro atoms. The highest BCUT2D eigenvalue weighted by Crippen LogP contribution is 2.28. The minimum Gasteiger partial charge on any atom is -0.495 e. The second-order valence-electron chi connectivity index (χ2n) is 6.69. The first-order chi connectivity index (χ1) is 15.7. The molecule has 172 valence electrons. The van der Waals surface area contributed by atoms with E-state index in [1.165, 1.54) is 67.8 Å². The monoisotopic (exact) mass is 491 g/mol. The number of hydrogen-bond donors (Lipinski definition) is 3. The summed E-state index contributed by atoms with van der Waals surface area (Å²) < 4.78 is 46.8. The molecular formula is C22H19ClFN3O5S. The van der Waals surface area contributed by atoms with Crippen molar-refractivity contribution in [2.75, 3.05) is 23.7 Å². The lowest BCUT2D eigenvalue weighted by molar-refractivity contribution is -0.115. The van der Waals surface area contributed by atoms with Crippen LogP contribution in [-0.4, -0.2) is 33.9 Å². The number of rotatable bonds is 8. The molecule has 0 unspecified atom stereocenters. The van der Waals surface area contributed by atoms with Crippen LogP contribution in [0.1, 0.15) is 10.4 Å². The Morgan fingerprint density at radius 3 is 2.39 bits per heavy atom. The Morgan fingerprint density at radius 1 is 1.03 bits per heavy atom. The van der Waals surface area contributed by atoms with E-state index in [-0.39, 0.29) is 21.9 Å². The number of ether oxygens (including phenoxy) is 1. The predicted octanol–water partition coefficient (Wildman–Crippen LogP) is 3.66. The van der Waals surface area contributed by atoms with Crippen LogP contribution in [-0.2, 0) is 14.8 Å². The molecule has 0 aliphatic heterocycles. The van der Waals surface area contributed by atoms with Crippen LogP contribution in [0.2, 0.25) is 5.02 Å². The summed E-state index contributed by atoms with van der Waals surface area (Å²) in [5.41, 5.74) is 0.169. The van der Waals surface area contributed by atoms with E-state index in [4.69, 9.17) is 16.3 Å². The minimum absolute atomic E-state index is 0.0709. The molecule has 3 aromatic rings. The molecule has 3 rings (SSSR count). The molecule has 0 fully saturated rings. The molecule has 0 aromatic heterocycles. The Balaban J connectivity index is 1.72. The fourth-order valence-electron chi connectivity index (χ4n) is 2.78. The molecule has 2 amide bonds. The second-order valence-corrected chi connectivity index (χ2v) is 8.80. The molecule has 0 saturated carbocycles. The number of carbonyl (C=O) groups is 2. The average molecular weight is 492 g/mol. The van der Waals surface area contributed by atoms with Crippen LogP contribution >= 0.6 is 11.6 Å². The molecule has 33 heavy (non-hydrogen) atoms. The van der Waals surface area contributed by atoms with Gasteiger partial charge in [0.15, 0.2) is 0 Å². The third kappa shape index (κ3) is 6.21. The first-order valence-corrected chi connectivity index (χ1v) is 11.3. The zero-order valence-electron chi connectivity index (χ0n) is 17.3. The van der Waals surface area contributed by atoms with Gasteiger partial charge in [0.25, 0.3) is 15.9 Å². The maximum Gasteiger partial charge on any atom is 0.261 e. The van der Waals surface area contributed by atoms with Crippen LogP contribution in [0, 0.1) is 5.82 Å². The molecule has 0 saturated heterocycles. The quantitative estimate of drug-likeness (QED) is 0.445. The summed E-state index contributed by atoms with van der Waals surface area (Å²) in [4.78, 5) is 24.3. The third-order valence-corrected chi connectivity index (χ3v) is 6.01. The lowest BCUT2D eigenvalue weighted by Gasteiger charge is -2.14. The fraction of sp³-hybridized carbons (Fsp3) is 0.0909. The molecule has 0 heterocycles. The Morgan fingerprint density at radius 2 is 1.73 bits per heavy atom. The smallest absolute Gasteiger partial charge is 0.261 e. The van der Waals surface area contributed by atoms with E-state index in [0.717, 1.165) is 6.07 Å². The van der Waals surface area contributed by atoms with Gasteiger partial charge in [0.1, 0.15) is 11.6 Å². The molecule has 0 radical (unpaired) electrons. The van der Waals surface area contributed by atoms with Crippen molar-refractivity contribution in [1.29, 1.82) is 0 Å². The topological polar surface area (TPSA) is 114 Å². The van der Waals surface area contributed by atoms with E-state index in [9.17, 15) is 22.4 Å². The van der Waals surface area contributed by atoms with Gasteiger partial charge in [-0.2, -0.15) is 0 Å². The summed E-state index contributed by atoms with van der Waals surface area (Å²) >= 11 is 5.81. The third-order valence-electron chi connectivity index (χ3n) is 4.38. The molecule has 0 aliphatic carbocycles. The van der Waals surface area contributed by atoms with Gasteiger partial charge in [-0.05, 0) is 54.6 Å². The molecule has 0 aliphatic rings. The number of amides is 2. The van der Waals surface area contributed by atoms with Crippen molar-refractivity contribution in [2.45, 2.75) is 4.90 Å². The Hall–Kier alpha value is -3.63. The van der Waals surface area contributed by atoms with Gasteiger partial charge in [0.2, 0.25) is 5.91 Å². The standard InChI is InChI=1S/C22H19ClFN3O5S/c1-32-20-11-10-16(33(30,31)27-15-8-6-14(23)7-9-15)12-19(20)26-21(28)13-25-22(29)17-4-2-3-5-18(17)24/h2-12,27H,13H2,1H3,(H,25,29)(H,26,28). The molecule has 0 bridgehead atoms. The SMILES string of the molecule is COc1ccc(S(=O)(=O)Nc2ccc(Cl)cc2)cc1NC(=O)CNC(=O)c1ccccc1F. The number of halogens is 2. The van der Waals surface area contributed by atoms with Gasteiger partial charge in [-0.3, -0.25) is 14.3 Å². The van der Waals surface area contributed by atoms with Crippen LogP contribution in [0.25, 0.3) is 0 Å². The fourth-order valence-corrected chi connectivity index (χ4v) is 3.99. The first-order valence-electron chi connectivity index (χ1n) is 9.48. The minimum atomic E-state index is -3.99. The maximum absolute atomic E-state index is 13.7. The van der Waals surface area contributed by atoms with Gasteiger partial charge in [-0.25, -0.2) is 12.8 Å². The summed E-state index contributed by atoms with van der Waals surface area (Å²) in [6.07, 6.45) is 0. The van der Waals surface area contributed by atoms with E-state index < -0.39 is 34.2 Å². The van der Waals surface area contributed by atoms with Gasteiger partial charge < -0.3 is 15.4 Å². The highest BCUT2D eigenvalue weighted by atomic mass is 35.5. The molecule has 3 N–H and O–H groups in total. The number of anilines is 2. The summed E-state index contributed by atoms with van der Waals surface area (Å²) in [5, 5.41) is 5.24. The van der Waals surface area contributed by atoms with Crippen molar-refractivity contribution in [3.63, 3.8) is 0 Å². The van der Waals surface area contributed by atoms with Crippen molar-refractivity contribution >= 4 is 44.8 Å².